The Labute approximate surface area is 63.2 Å². The summed E-state index contributed by atoms with van der Waals surface area (Å²) in [7, 11) is 0. The molecule has 0 aliphatic heterocycles. The Bertz CT molecular complexity index is 200. The largest absolute Gasteiger partial charge is 0.393 e. The van der Waals surface area contributed by atoms with Crippen molar-refractivity contribution in [2.75, 3.05) is 0 Å². The van der Waals surface area contributed by atoms with Crippen LogP contribution in [0.3, 0.4) is 0 Å². The number of nitrogens with two attached hydrogens (primary N) is 1. The van der Waals surface area contributed by atoms with Gasteiger partial charge in [-0.1, -0.05) is 0 Å². The van der Waals surface area contributed by atoms with Crippen molar-refractivity contribution in [1.29, 1.82) is 5.26 Å². The molecule has 10 heavy (non-hydrogen) atoms. The summed E-state index contributed by atoms with van der Waals surface area (Å²) in [5.74, 6) is -1.68. The normalized spacial score (nSPS) is 13.9. The predicted octanol–water partition coefficient (Wildman–Crippen LogP) is 1.64. The highest BCUT2D eigenvalue weighted by Gasteiger charge is 2.31. The van der Waals surface area contributed by atoms with Crippen LogP contribution < -0.4 is 5.73 Å². The molecule has 0 bridgehead atoms. The Morgan fingerprint density at radius 1 is 1.60 bits per heavy atom. The van der Waals surface area contributed by atoms with E-state index in [9.17, 15) is 13.2 Å². The van der Waals surface area contributed by atoms with Gasteiger partial charge in [-0.3, -0.25) is 0 Å². The lowest BCUT2D eigenvalue weighted by Crippen LogP contribution is -2.18. The van der Waals surface area contributed by atoms with Gasteiger partial charge in [0.1, 0.15) is 11.8 Å². The van der Waals surface area contributed by atoms with E-state index < -0.39 is 16.4 Å². The van der Waals surface area contributed by atoms with E-state index in [1.165, 1.54) is 0 Å². The Morgan fingerprint density at radius 3 is 2.10 bits per heavy atom. The molecule has 0 aromatic heterocycles. The average Bonchev–Trinajstić information content (AvgIpc) is 1.83. The molecule has 2 nitrogen and oxygen atoms in total. The first kappa shape index (κ1) is 9.30. The minimum Gasteiger partial charge on any atom is -0.393 e. The van der Waals surface area contributed by atoms with E-state index in [0.29, 0.717) is 0 Å². The lowest BCUT2D eigenvalue weighted by Gasteiger charge is -2.05. The van der Waals surface area contributed by atoms with E-state index in [-0.39, 0.29) is 0 Å². The second-order valence-electron chi connectivity index (χ2n) is 1.34. The molecule has 0 saturated carbocycles. The van der Waals surface area contributed by atoms with E-state index in [0.717, 1.165) is 6.07 Å². The van der Waals surface area contributed by atoms with Gasteiger partial charge < -0.3 is 5.73 Å². The molecule has 0 saturated heterocycles. The van der Waals surface area contributed by atoms with Gasteiger partial charge in [0.05, 0.1) is 0 Å². The summed E-state index contributed by atoms with van der Waals surface area (Å²) in [6.07, 6.45) is 0. The van der Waals surface area contributed by atoms with Crippen LogP contribution in [0.2, 0.25) is 0 Å². The Hall–Kier alpha value is -0.700. The fourth-order valence-electron chi connectivity index (χ4n) is 0.185. The standard InChI is InChI=1S/C4H2BrF3N2/c5-4(7,8)3(10)2(6)1-9/h10H2/b3-2+. The molecule has 0 radical (unpaired) electrons. The van der Waals surface area contributed by atoms with Crippen molar-refractivity contribution in [2.24, 2.45) is 5.73 Å². The maximum atomic E-state index is 11.9. The summed E-state index contributed by atoms with van der Waals surface area (Å²) < 4.78 is 35.7. The first-order chi connectivity index (χ1) is 4.39. The molecule has 0 rings (SSSR count). The number of hydrogen-bond donors (Lipinski definition) is 1. The molecule has 0 aromatic carbocycles. The van der Waals surface area contributed by atoms with Crippen LogP contribution in [0.1, 0.15) is 0 Å². The molecule has 0 heterocycles. The van der Waals surface area contributed by atoms with E-state index in [4.69, 9.17) is 5.26 Å². The lowest BCUT2D eigenvalue weighted by atomic mass is 10.4. The summed E-state index contributed by atoms with van der Waals surface area (Å²) in [5, 5.41) is 7.75. The summed E-state index contributed by atoms with van der Waals surface area (Å²) >= 11 is 1.78. The highest BCUT2D eigenvalue weighted by molar-refractivity contribution is 9.10. The van der Waals surface area contributed by atoms with Crippen molar-refractivity contribution in [3.8, 4) is 6.07 Å². The number of halogens is 4. The topological polar surface area (TPSA) is 49.8 Å². The van der Waals surface area contributed by atoms with Crippen molar-refractivity contribution in [2.45, 2.75) is 4.83 Å². The molecule has 0 fully saturated rings. The Balaban J connectivity index is 4.69. The van der Waals surface area contributed by atoms with Gasteiger partial charge in [-0.25, -0.2) is 0 Å². The average molecular weight is 215 g/mol. The van der Waals surface area contributed by atoms with Crippen molar-refractivity contribution in [1.82, 2.24) is 0 Å². The number of hydrogen-bond acceptors (Lipinski definition) is 2. The van der Waals surface area contributed by atoms with E-state index >= 15 is 0 Å². The summed E-state index contributed by atoms with van der Waals surface area (Å²) in [5.41, 5.74) is 3.08. The second kappa shape index (κ2) is 2.92. The molecular weight excluding hydrogens is 213 g/mol. The molecule has 6 heteroatoms. The SMILES string of the molecule is N#C/C(F)=C(\N)C(F)(F)Br. The fourth-order valence-corrected chi connectivity index (χ4v) is 0.359. The maximum Gasteiger partial charge on any atom is 0.344 e. The van der Waals surface area contributed by atoms with Crippen LogP contribution in [0.15, 0.2) is 11.5 Å². The number of nitriles is 1. The molecule has 0 aliphatic carbocycles. The van der Waals surface area contributed by atoms with Gasteiger partial charge in [-0.2, -0.15) is 18.4 Å². The molecule has 2 N–H and O–H groups in total. The van der Waals surface area contributed by atoms with Gasteiger partial charge in [0.2, 0.25) is 5.83 Å². The number of allylic oxidation sites excluding steroid dienone is 2. The molecule has 0 aromatic rings. The lowest BCUT2D eigenvalue weighted by molar-refractivity contribution is 0.152. The first-order valence-corrected chi connectivity index (χ1v) is 2.81. The predicted molar refractivity (Wildman–Crippen MR) is 31.8 cm³/mol. The van der Waals surface area contributed by atoms with Crippen LogP contribution in [0.25, 0.3) is 0 Å². The van der Waals surface area contributed by atoms with Crippen LogP contribution in [-0.4, -0.2) is 4.83 Å². The summed E-state index contributed by atoms with van der Waals surface area (Å²) in [6.45, 7) is 0. The van der Waals surface area contributed by atoms with Gasteiger partial charge in [0, 0.05) is 0 Å². The Kier molecular flexibility index (Phi) is 2.72. The molecule has 56 valence electrons. The third-order valence-electron chi connectivity index (χ3n) is 0.640. The quantitative estimate of drug-likeness (QED) is 0.533. The first-order valence-electron chi connectivity index (χ1n) is 2.02. The zero-order chi connectivity index (χ0) is 8.36. The van der Waals surface area contributed by atoms with Gasteiger partial charge in [0.25, 0.3) is 0 Å². The molecule has 0 unspecified atom stereocenters. The number of alkyl halides is 3. The highest BCUT2D eigenvalue weighted by Crippen LogP contribution is 2.29. The minimum atomic E-state index is -3.65. The smallest absolute Gasteiger partial charge is 0.344 e. The number of rotatable bonds is 1. The van der Waals surface area contributed by atoms with Crippen molar-refractivity contribution in [3.05, 3.63) is 11.5 Å². The number of nitrogens with zero attached hydrogens (tertiary/aromatic N) is 1. The third-order valence-corrected chi connectivity index (χ3v) is 1.07. The van der Waals surface area contributed by atoms with Crippen LogP contribution in [0, 0.1) is 11.3 Å². The van der Waals surface area contributed by atoms with Gasteiger partial charge in [-0.05, 0) is 15.9 Å². The molecule has 0 spiro atoms. The third kappa shape index (κ3) is 2.27. The van der Waals surface area contributed by atoms with Crippen LogP contribution in [-0.2, 0) is 0 Å². The van der Waals surface area contributed by atoms with Crippen LogP contribution in [0.4, 0.5) is 13.2 Å². The summed E-state index contributed by atoms with van der Waals surface area (Å²) in [4.78, 5) is -3.65. The van der Waals surface area contributed by atoms with E-state index in [1.54, 1.807) is 15.9 Å². The summed E-state index contributed by atoms with van der Waals surface area (Å²) in [6, 6.07) is 0.849. The molecule has 0 amide bonds. The van der Waals surface area contributed by atoms with E-state index in [2.05, 4.69) is 5.73 Å². The van der Waals surface area contributed by atoms with Gasteiger partial charge in [-0.15, -0.1) is 0 Å². The van der Waals surface area contributed by atoms with E-state index in [1.807, 2.05) is 0 Å². The van der Waals surface area contributed by atoms with Crippen molar-refractivity contribution in [3.63, 3.8) is 0 Å². The Morgan fingerprint density at radius 2 is 2.00 bits per heavy atom. The highest BCUT2D eigenvalue weighted by atomic mass is 79.9. The molecule has 0 atom stereocenters. The molecule has 0 aliphatic rings. The molecular formula is C4H2BrF3N2. The zero-order valence-electron chi connectivity index (χ0n) is 4.54. The minimum absolute atomic E-state index is 0.849. The van der Waals surface area contributed by atoms with Crippen LogP contribution in [0.5, 0.6) is 0 Å². The second-order valence-corrected chi connectivity index (χ2v) is 2.33. The van der Waals surface area contributed by atoms with Crippen molar-refractivity contribution >= 4 is 15.9 Å². The zero-order valence-corrected chi connectivity index (χ0v) is 6.12. The van der Waals surface area contributed by atoms with Crippen LogP contribution >= 0.6 is 15.9 Å². The van der Waals surface area contributed by atoms with Gasteiger partial charge in [0.15, 0.2) is 0 Å². The van der Waals surface area contributed by atoms with Crippen molar-refractivity contribution < 1.29 is 13.2 Å². The van der Waals surface area contributed by atoms with Gasteiger partial charge >= 0.3 is 4.83 Å². The monoisotopic (exact) mass is 214 g/mol. The maximum absolute atomic E-state index is 11.9. The fraction of sp³-hybridized carbons (Fsp3) is 0.250.